The number of rotatable bonds is 10. The fraction of sp³-hybridized carbons (Fsp3) is 0.528. The van der Waals surface area contributed by atoms with Crippen LogP contribution < -0.4 is 25.8 Å². The number of imide groups is 1. The van der Waals surface area contributed by atoms with Crippen LogP contribution in [0.5, 0.6) is 5.75 Å². The zero-order valence-electron chi connectivity index (χ0n) is 40.4. The number of carbonyl (C=O) groups is 4. The van der Waals surface area contributed by atoms with E-state index in [1.807, 2.05) is 12.1 Å². The predicted molar refractivity (Wildman–Crippen MR) is 264 cm³/mol. The van der Waals surface area contributed by atoms with Gasteiger partial charge in [0.05, 0.1) is 21.5 Å². The number of hydrogen-bond donors (Lipinski definition) is 2. The van der Waals surface area contributed by atoms with E-state index in [1.165, 1.54) is 0 Å². The van der Waals surface area contributed by atoms with Gasteiger partial charge in [-0.1, -0.05) is 50.4 Å². The summed E-state index contributed by atoms with van der Waals surface area (Å²) < 4.78 is 7.45. The van der Waals surface area contributed by atoms with Gasteiger partial charge in [0.2, 0.25) is 11.8 Å². The number of amides is 4. The van der Waals surface area contributed by atoms with Gasteiger partial charge in [0.1, 0.15) is 35.2 Å². The highest BCUT2D eigenvalue weighted by Crippen LogP contribution is 2.55. The lowest BCUT2D eigenvalue weighted by molar-refractivity contribution is -0.164. The van der Waals surface area contributed by atoms with Gasteiger partial charge in [0.25, 0.3) is 17.4 Å². The van der Waals surface area contributed by atoms with Crippen molar-refractivity contribution in [2.45, 2.75) is 104 Å². The van der Waals surface area contributed by atoms with Crippen molar-refractivity contribution >= 4 is 51.8 Å². The van der Waals surface area contributed by atoms with Crippen LogP contribution in [0.1, 0.15) is 113 Å². The maximum atomic E-state index is 13.7. The lowest BCUT2D eigenvalue weighted by atomic mass is 9.49. The minimum atomic E-state index is -0.878. The van der Waals surface area contributed by atoms with Gasteiger partial charge in [-0.3, -0.25) is 29.3 Å². The highest BCUT2D eigenvalue weighted by Gasteiger charge is 2.64. The van der Waals surface area contributed by atoms with Crippen LogP contribution >= 0.6 is 11.6 Å². The van der Waals surface area contributed by atoms with E-state index in [9.17, 15) is 29.2 Å². The molecule has 1 saturated carbocycles. The minimum absolute atomic E-state index is 0.0226. The standard InChI is InChI=1S/C53H61ClN10O6/c1-52(2)50(53(3,4)51(52)70-40-12-9-36(30-55)42(54)29-40)58-46(66)37-8-10-38(56-31-37)7-5-6-33-16-22-61(23-17-33)32-34-18-24-63(25-19-34)48(68)35-20-26-62(27-21-35)39-11-13-43-41(28-39)49(69)64(60-59-43)44-14-15-45(65)57-47(44)67/h8-13,28-29,31,33-35,44,50-51H,6,14-27,32H2,1-4H3,(H,58,66)(H,57,65,67)/t44?,50-,51-. The first-order chi connectivity index (χ1) is 33.6. The number of anilines is 1. The van der Waals surface area contributed by atoms with Crippen LogP contribution in [-0.2, 0) is 14.4 Å². The summed E-state index contributed by atoms with van der Waals surface area (Å²) in [6, 6.07) is 15.2. The smallest absolute Gasteiger partial charge is 0.278 e. The maximum Gasteiger partial charge on any atom is 0.278 e. The highest BCUT2D eigenvalue weighted by molar-refractivity contribution is 6.31. The van der Waals surface area contributed by atoms with Crippen LogP contribution in [0.2, 0.25) is 5.02 Å². The molecule has 1 unspecified atom stereocenters. The summed E-state index contributed by atoms with van der Waals surface area (Å²) in [4.78, 5) is 76.0. The van der Waals surface area contributed by atoms with Gasteiger partial charge in [-0.05, 0) is 118 Å². The highest BCUT2D eigenvalue weighted by atomic mass is 35.5. The third kappa shape index (κ3) is 10.1. The Kier molecular flexibility index (Phi) is 14.0. The average molecular weight is 970 g/mol. The van der Waals surface area contributed by atoms with E-state index in [1.54, 1.807) is 42.6 Å². The van der Waals surface area contributed by atoms with Crippen molar-refractivity contribution in [2.75, 3.05) is 50.7 Å². The Balaban J connectivity index is 0.673. The monoisotopic (exact) mass is 968 g/mol. The molecular formula is C53H61ClN10O6. The van der Waals surface area contributed by atoms with Gasteiger partial charge >= 0.3 is 0 Å². The number of benzene rings is 2. The van der Waals surface area contributed by atoms with E-state index in [2.05, 4.69) is 86.2 Å². The van der Waals surface area contributed by atoms with Gasteiger partial charge < -0.3 is 24.8 Å². The molecule has 2 aromatic heterocycles. The van der Waals surface area contributed by atoms with E-state index in [-0.39, 0.29) is 59.5 Å². The molecule has 70 heavy (non-hydrogen) atoms. The van der Waals surface area contributed by atoms with Crippen LogP contribution in [0.3, 0.4) is 0 Å². The molecule has 2 aromatic carbocycles. The molecule has 4 aromatic rings. The molecule has 2 N–H and O–H groups in total. The number of halogens is 1. The Hall–Kier alpha value is -6.36. The van der Waals surface area contributed by atoms with Crippen LogP contribution in [0, 0.1) is 51.8 Å². The maximum absolute atomic E-state index is 13.7. The summed E-state index contributed by atoms with van der Waals surface area (Å²) in [5, 5.41) is 23.6. The van der Waals surface area contributed by atoms with Gasteiger partial charge in [-0.2, -0.15) is 9.94 Å². The molecule has 17 heteroatoms. The largest absolute Gasteiger partial charge is 0.489 e. The zero-order chi connectivity index (χ0) is 49.3. The Morgan fingerprint density at radius 2 is 1.61 bits per heavy atom. The summed E-state index contributed by atoms with van der Waals surface area (Å²) in [6.07, 6.45) is 8.26. The fourth-order valence-electron chi connectivity index (χ4n) is 11.8. The van der Waals surface area contributed by atoms with E-state index in [0.717, 1.165) is 88.0 Å². The summed E-state index contributed by atoms with van der Waals surface area (Å²) >= 11 is 6.25. The quantitative estimate of drug-likeness (QED) is 0.141. The first kappa shape index (κ1) is 48.7. The van der Waals surface area contributed by atoms with Crippen molar-refractivity contribution in [3.8, 4) is 23.7 Å². The molecule has 0 bridgehead atoms. The van der Waals surface area contributed by atoms with E-state index >= 15 is 0 Å². The number of nitrogens with one attached hydrogen (secondary N) is 2. The molecule has 5 aliphatic rings. The van der Waals surface area contributed by atoms with E-state index in [4.69, 9.17) is 16.3 Å². The number of hydrogen-bond acceptors (Lipinski definition) is 12. The topological polar surface area (TPSA) is 196 Å². The van der Waals surface area contributed by atoms with Crippen LogP contribution in [0.25, 0.3) is 10.9 Å². The average Bonchev–Trinajstić information content (AvgIpc) is 3.36. The number of nitriles is 1. The van der Waals surface area contributed by atoms with Crippen molar-refractivity contribution in [3.05, 3.63) is 86.9 Å². The summed E-state index contributed by atoms with van der Waals surface area (Å²) in [5.41, 5.74) is 1.66. The second kappa shape index (κ2) is 20.2. The number of piperidine rings is 4. The van der Waals surface area contributed by atoms with Crippen molar-refractivity contribution in [1.82, 2.24) is 40.4 Å². The van der Waals surface area contributed by atoms with Gasteiger partial charge in [-0.25, -0.2) is 4.98 Å². The molecule has 1 aliphatic carbocycles. The summed E-state index contributed by atoms with van der Waals surface area (Å²) in [5.74, 6) is 7.40. The molecule has 1 atom stereocenters. The Labute approximate surface area is 413 Å². The molecule has 4 aliphatic heterocycles. The number of pyridine rings is 1. The number of carbonyl (C=O) groups excluding carboxylic acids is 4. The molecule has 4 saturated heterocycles. The number of fused-ring (bicyclic) bond motifs is 1. The molecule has 9 rings (SSSR count). The molecule has 366 valence electrons. The second-order valence-electron chi connectivity index (χ2n) is 21.0. The number of nitrogens with zero attached hydrogens (tertiary/aromatic N) is 8. The first-order valence-electron chi connectivity index (χ1n) is 24.7. The zero-order valence-corrected chi connectivity index (χ0v) is 41.1. The third-order valence-electron chi connectivity index (χ3n) is 15.6. The summed E-state index contributed by atoms with van der Waals surface area (Å²) in [7, 11) is 0. The Morgan fingerprint density at radius 3 is 2.29 bits per heavy atom. The van der Waals surface area contributed by atoms with Crippen molar-refractivity contribution in [3.63, 3.8) is 0 Å². The SMILES string of the molecule is CC1(C)[C@H](NC(=O)c2ccc(C#CCC3CCN(CC4CCN(C(=O)C5CCN(c6ccc7nnn(C8CCC(=O)NC8=O)c(=O)c7c6)CC5)CC4)CC3)nc2)C(C)(C)[C@H]1Oc1ccc(C#N)c(Cl)c1. The Bertz CT molecular complexity index is 2810. The van der Waals surface area contributed by atoms with Crippen LogP contribution in [-0.4, -0.2) is 111 Å². The van der Waals surface area contributed by atoms with Gasteiger partial charge in [-0.15, -0.1) is 5.10 Å². The Morgan fingerprint density at radius 1 is 0.886 bits per heavy atom. The number of aromatic nitrogens is 4. The molecular weight excluding hydrogens is 908 g/mol. The fourth-order valence-corrected chi connectivity index (χ4v) is 12.0. The van der Waals surface area contributed by atoms with Crippen molar-refractivity contribution in [2.24, 2.45) is 28.6 Å². The number of likely N-dealkylation sites (tertiary alicyclic amines) is 2. The van der Waals surface area contributed by atoms with Gasteiger partial charge in [0, 0.05) is 86.3 Å². The van der Waals surface area contributed by atoms with Crippen LogP contribution in [0.15, 0.2) is 59.5 Å². The molecule has 4 amide bonds. The summed E-state index contributed by atoms with van der Waals surface area (Å²) in [6.45, 7) is 14.5. The van der Waals surface area contributed by atoms with Crippen molar-refractivity contribution in [1.29, 1.82) is 5.26 Å². The number of ether oxygens (including phenoxy) is 1. The molecule has 0 radical (unpaired) electrons. The normalized spacial score (nSPS) is 23.1. The van der Waals surface area contributed by atoms with Gasteiger partial charge in [0.15, 0.2) is 0 Å². The molecule has 5 fully saturated rings. The lowest BCUT2D eigenvalue weighted by Crippen LogP contribution is -2.74. The minimum Gasteiger partial charge on any atom is -0.489 e. The van der Waals surface area contributed by atoms with E-state index < -0.39 is 17.5 Å². The second-order valence-corrected chi connectivity index (χ2v) is 21.4. The molecule has 6 heterocycles. The van der Waals surface area contributed by atoms with Crippen LogP contribution in [0.4, 0.5) is 5.69 Å². The van der Waals surface area contributed by atoms with Crippen molar-refractivity contribution < 1.29 is 23.9 Å². The lowest BCUT2D eigenvalue weighted by Gasteiger charge is -2.63. The molecule has 16 nitrogen and oxygen atoms in total. The third-order valence-corrected chi connectivity index (χ3v) is 15.9. The first-order valence-corrected chi connectivity index (χ1v) is 25.1. The van der Waals surface area contributed by atoms with E-state index in [0.29, 0.717) is 63.4 Å². The predicted octanol–water partition coefficient (Wildman–Crippen LogP) is 5.91. The molecule has 0 spiro atoms.